The van der Waals surface area contributed by atoms with Crippen molar-refractivity contribution in [2.45, 2.75) is 18.1 Å². The molecule has 0 atom stereocenters. The van der Waals surface area contributed by atoms with Gasteiger partial charge in [0.2, 0.25) is 5.78 Å². The summed E-state index contributed by atoms with van der Waals surface area (Å²) >= 11 is 9.37. The Morgan fingerprint density at radius 1 is 1.11 bits per heavy atom. The molecule has 7 nitrogen and oxygen atoms in total. The predicted molar refractivity (Wildman–Crippen MR) is 142 cm³/mol. The molecule has 1 aliphatic rings. The zero-order valence-corrected chi connectivity index (χ0v) is 21.4. The topological polar surface area (TPSA) is 64.7 Å². The van der Waals surface area contributed by atoms with Crippen molar-refractivity contribution >= 4 is 50.7 Å². The van der Waals surface area contributed by atoms with E-state index in [1.165, 1.54) is 4.88 Å². The summed E-state index contributed by atoms with van der Waals surface area (Å²) in [6.45, 7) is 2.30. The van der Waals surface area contributed by atoms with Crippen LogP contribution in [0.5, 0.6) is 5.75 Å². The van der Waals surface area contributed by atoms with Crippen LogP contribution >= 0.6 is 34.7 Å². The number of thiophene rings is 1. The van der Waals surface area contributed by atoms with Gasteiger partial charge in [0.25, 0.3) is 5.56 Å². The van der Waals surface area contributed by atoms with Crippen molar-refractivity contribution in [1.29, 1.82) is 0 Å². The number of hydrogen-bond acceptors (Lipinski definition) is 7. The molecule has 6 rings (SSSR count). The number of ether oxygens (including phenoxy) is 1. The number of likely N-dealkylation sites (N-methyl/N-ethyl adjacent to an activating group) is 1. The van der Waals surface area contributed by atoms with E-state index >= 15 is 0 Å². The van der Waals surface area contributed by atoms with E-state index in [4.69, 9.17) is 16.3 Å². The van der Waals surface area contributed by atoms with E-state index in [0.29, 0.717) is 23.2 Å². The monoisotopic (exact) mass is 523 g/mol. The van der Waals surface area contributed by atoms with E-state index in [-0.39, 0.29) is 5.56 Å². The Kier molecular flexibility index (Phi) is 6.01. The number of para-hydroxylation sites is 1. The van der Waals surface area contributed by atoms with Gasteiger partial charge in [-0.2, -0.15) is 0 Å². The van der Waals surface area contributed by atoms with Crippen molar-refractivity contribution in [3.8, 4) is 11.4 Å². The average Bonchev–Trinajstić information content (AvgIpc) is 3.45. The SMILES string of the molecule is CN1CCc2c(sc3c2c(=O)n(-c2ccc(Cl)cc2)c2nnc(SCCOc4ccccc4)n32)C1. The fourth-order valence-corrected chi connectivity index (χ4v) is 6.76. The van der Waals surface area contributed by atoms with Gasteiger partial charge in [0.15, 0.2) is 5.16 Å². The minimum atomic E-state index is -0.0618. The predicted octanol–water partition coefficient (Wildman–Crippen LogP) is 4.91. The molecule has 0 saturated heterocycles. The highest BCUT2D eigenvalue weighted by Gasteiger charge is 2.26. The van der Waals surface area contributed by atoms with Gasteiger partial charge in [-0.1, -0.05) is 41.6 Å². The van der Waals surface area contributed by atoms with Gasteiger partial charge >= 0.3 is 0 Å². The van der Waals surface area contributed by atoms with Crippen LogP contribution < -0.4 is 10.3 Å². The summed E-state index contributed by atoms with van der Waals surface area (Å²) in [5.74, 6) is 2.04. The first-order valence-corrected chi connectivity index (χ1v) is 13.5. The quantitative estimate of drug-likeness (QED) is 0.233. The van der Waals surface area contributed by atoms with Gasteiger partial charge in [0, 0.05) is 28.7 Å². The molecule has 0 aliphatic carbocycles. The Morgan fingerprint density at radius 3 is 2.71 bits per heavy atom. The summed E-state index contributed by atoms with van der Waals surface area (Å²) in [6, 6.07) is 17.0. The highest BCUT2D eigenvalue weighted by atomic mass is 35.5. The van der Waals surface area contributed by atoms with Crippen LogP contribution in [0.4, 0.5) is 0 Å². The van der Waals surface area contributed by atoms with Gasteiger partial charge in [-0.15, -0.1) is 21.5 Å². The molecule has 1 aliphatic heterocycles. The van der Waals surface area contributed by atoms with Crippen LogP contribution in [0.15, 0.2) is 64.5 Å². The molecule has 35 heavy (non-hydrogen) atoms. The van der Waals surface area contributed by atoms with Crippen molar-refractivity contribution in [2.24, 2.45) is 0 Å². The Morgan fingerprint density at radius 2 is 1.91 bits per heavy atom. The second kappa shape index (κ2) is 9.31. The van der Waals surface area contributed by atoms with Crippen LogP contribution in [0.3, 0.4) is 0 Å². The Labute approximate surface area is 214 Å². The molecule has 4 heterocycles. The standard InChI is InChI=1S/C25H22ClN5O2S2/c1-29-12-11-19-20(15-29)35-23-21(19)22(32)30(17-9-7-16(26)8-10-17)24-27-28-25(31(23)24)34-14-13-33-18-5-3-2-4-6-18/h2-10H,11-15H2,1H3. The molecular weight excluding hydrogens is 502 g/mol. The van der Waals surface area contributed by atoms with Crippen molar-refractivity contribution in [2.75, 3.05) is 26.0 Å². The third-order valence-corrected chi connectivity index (χ3v) is 8.42. The zero-order chi connectivity index (χ0) is 23.9. The molecule has 0 amide bonds. The third-order valence-electron chi connectivity index (χ3n) is 6.08. The van der Waals surface area contributed by atoms with Crippen LogP contribution in [-0.2, 0) is 13.0 Å². The van der Waals surface area contributed by atoms with E-state index in [1.807, 2.05) is 46.9 Å². The van der Waals surface area contributed by atoms with Crippen molar-refractivity contribution in [3.05, 3.63) is 80.4 Å². The summed E-state index contributed by atoms with van der Waals surface area (Å²) in [7, 11) is 2.11. The third kappa shape index (κ3) is 4.12. The lowest BCUT2D eigenvalue weighted by atomic mass is 10.1. The Balaban J connectivity index is 1.46. The molecule has 0 N–H and O–H groups in total. The fraction of sp³-hybridized carbons (Fsp3) is 0.240. The Hall–Kier alpha value is -2.85. The Bertz CT molecular complexity index is 1580. The first kappa shape index (κ1) is 22.6. The number of halogens is 1. The average molecular weight is 524 g/mol. The maximum atomic E-state index is 13.9. The van der Waals surface area contributed by atoms with Crippen molar-refractivity contribution in [1.82, 2.24) is 24.1 Å². The van der Waals surface area contributed by atoms with E-state index in [0.717, 1.165) is 51.9 Å². The molecule has 0 spiro atoms. The van der Waals surface area contributed by atoms with Crippen LogP contribution in [0.2, 0.25) is 5.02 Å². The largest absolute Gasteiger partial charge is 0.493 e. The molecule has 0 fully saturated rings. The van der Waals surface area contributed by atoms with Crippen LogP contribution in [0.1, 0.15) is 10.4 Å². The smallest absolute Gasteiger partial charge is 0.268 e. The molecule has 0 unspecified atom stereocenters. The second-order valence-corrected chi connectivity index (χ2v) is 11.0. The first-order chi connectivity index (χ1) is 17.1. The molecule has 0 radical (unpaired) electrons. The van der Waals surface area contributed by atoms with E-state index in [9.17, 15) is 4.79 Å². The van der Waals surface area contributed by atoms with Crippen LogP contribution in [-0.4, -0.2) is 50.0 Å². The summed E-state index contributed by atoms with van der Waals surface area (Å²) in [4.78, 5) is 18.3. The van der Waals surface area contributed by atoms with Gasteiger partial charge in [-0.25, -0.2) is 8.97 Å². The fourth-order valence-electron chi connectivity index (χ4n) is 4.41. The number of fused-ring (bicyclic) bond motifs is 5. The normalized spacial score (nSPS) is 14.0. The second-order valence-electron chi connectivity index (χ2n) is 8.42. The van der Waals surface area contributed by atoms with Gasteiger partial charge in [-0.05, 0) is 55.4 Å². The van der Waals surface area contributed by atoms with Gasteiger partial charge in [-0.3, -0.25) is 4.79 Å². The summed E-state index contributed by atoms with van der Waals surface area (Å²) in [5.41, 5.74) is 1.80. The van der Waals surface area contributed by atoms with Crippen molar-refractivity contribution < 1.29 is 4.74 Å². The highest BCUT2D eigenvalue weighted by Crippen LogP contribution is 2.35. The molecule has 178 valence electrons. The molecular formula is C25H22ClN5O2S2. The van der Waals surface area contributed by atoms with Crippen molar-refractivity contribution in [3.63, 3.8) is 0 Å². The number of nitrogens with zero attached hydrogens (tertiary/aromatic N) is 5. The number of benzene rings is 2. The lowest BCUT2D eigenvalue weighted by Gasteiger charge is -2.21. The van der Waals surface area contributed by atoms with Gasteiger partial charge in [0.05, 0.1) is 17.7 Å². The number of hydrogen-bond donors (Lipinski definition) is 0. The molecule has 3 aromatic heterocycles. The van der Waals surface area contributed by atoms with E-state index in [2.05, 4.69) is 22.1 Å². The molecule has 0 bridgehead atoms. The minimum absolute atomic E-state index is 0.0618. The summed E-state index contributed by atoms with van der Waals surface area (Å²) < 4.78 is 9.54. The van der Waals surface area contributed by atoms with Crippen LogP contribution in [0.25, 0.3) is 21.7 Å². The molecule has 2 aromatic carbocycles. The minimum Gasteiger partial charge on any atom is -0.493 e. The maximum absolute atomic E-state index is 13.9. The maximum Gasteiger partial charge on any atom is 0.268 e. The van der Waals surface area contributed by atoms with Crippen LogP contribution in [0, 0.1) is 0 Å². The first-order valence-electron chi connectivity index (χ1n) is 11.3. The van der Waals surface area contributed by atoms with E-state index < -0.39 is 0 Å². The number of aromatic nitrogens is 4. The summed E-state index contributed by atoms with van der Waals surface area (Å²) in [6.07, 6.45) is 0.850. The lowest BCUT2D eigenvalue weighted by molar-refractivity contribution is 0.318. The van der Waals surface area contributed by atoms with Gasteiger partial charge in [0.1, 0.15) is 10.6 Å². The zero-order valence-electron chi connectivity index (χ0n) is 19.0. The molecule has 0 saturated carbocycles. The lowest BCUT2D eigenvalue weighted by Crippen LogP contribution is -2.27. The molecule has 5 aromatic rings. The van der Waals surface area contributed by atoms with Gasteiger partial charge < -0.3 is 9.64 Å². The number of rotatable bonds is 6. The van der Waals surface area contributed by atoms with E-state index in [1.54, 1.807) is 39.8 Å². The molecule has 10 heteroatoms. The highest BCUT2D eigenvalue weighted by molar-refractivity contribution is 7.99. The number of thioether (sulfide) groups is 1. The summed E-state index contributed by atoms with van der Waals surface area (Å²) in [5, 5.41) is 11.1.